The highest BCUT2D eigenvalue weighted by Crippen LogP contribution is 2.36. The molecule has 9 nitrogen and oxygen atoms in total. The van der Waals surface area contributed by atoms with Crippen molar-refractivity contribution in [2.24, 2.45) is 0 Å². The Hall–Kier alpha value is -0.143. The van der Waals surface area contributed by atoms with E-state index in [1.54, 1.807) is 0 Å². The Morgan fingerprint density at radius 2 is 0.676 bits per heavy atom. The van der Waals surface area contributed by atoms with Gasteiger partial charge < -0.3 is 42.3 Å². The summed E-state index contributed by atoms with van der Waals surface area (Å²) in [5.74, 6) is 0. The summed E-state index contributed by atoms with van der Waals surface area (Å²) in [6.45, 7) is 23.3. The second kappa shape index (κ2) is 26.1. The van der Waals surface area contributed by atoms with Crippen molar-refractivity contribution in [1.29, 1.82) is 0 Å². The number of hydrogen-bond donors (Lipinski definition) is 0. The molecule has 0 aromatic heterocycles. The SMILES string of the molecule is CCCCCOCCOCCOCCOCCOCCOCCOCCOCCO[Si](C)(C)C(C)(C)C. The average molecular weight is 555 g/mol. The van der Waals surface area contributed by atoms with Crippen molar-refractivity contribution in [3.63, 3.8) is 0 Å². The molecule has 0 rings (SSSR count). The van der Waals surface area contributed by atoms with Crippen LogP contribution in [0.3, 0.4) is 0 Å². The fraction of sp³-hybridized carbons (Fsp3) is 1.00. The zero-order valence-electron chi connectivity index (χ0n) is 24.8. The van der Waals surface area contributed by atoms with Gasteiger partial charge in [-0.1, -0.05) is 40.5 Å². The number of unbranched alkanes of at least 4 members (excludes halogenated alkanes) is 2. The van der Waals surface area contributed by atoms with Crippen molar-refractivity contribution < 1.29 is 42.3 Å². The van der Waals surface area contributed by atoms with Crippen LogP contribution in [0.2, 0.25) is 18.1 Å². The summed E-state index contributed by atoms with van der Waals surface area (Å²) in [6.07, 6.45) is 3.56. The first kappa shape index (κ1) is 36.9. The minimum Gasteiger partial charge on any atom is -0.414 e. The van der Waals surface area contributed by atoms with Gasteiger partial charge in [0.05, 0.1) is 106 Å². The van der Waals surface area contributed by atoms with E-state index in [-0.39, 0.29) is 5.04 Å². The fourth-order valence-corrected chi connectivity index (χ4v) is 3.69. The molecule has 0 amide bonds. The van der Waals surface area contributed by atoms with Gasteiger partial charge >= 0.3 is 0 Å². The van der Waals surface area contributed by atoms with E-state index in [1.807, 2.05) is 0 Å². The Balaban J connectivity index is 3.13. The van der Waals surface area contributed by atoms with E-state index >= 15 is 0 Å². The van der Waals surface area contributed by atoms with Gasteiger partial charge in [-0.15, -0.1) is 0 Å². The van der Waals surface area contributed by atoms with Gasteiger partial charge in [0.1, 0.15) is 0 Å². The molecule has 0 radical (unpaired) electrons. The van der Waals surface area contributed by atoms with Crippen molar-refractivity contribution in [1.82, 2.24) is 0 Å². The van der Waals surface area contributed by atoms with E-state index in [9.17, 15) is 0 Å². The van der Waals surface area contributed by atoms with Gasteiger partial charge in [-0.05, 0) is 24.6 Å². The highest BCUT2D eigenvalue weighted by molar-refractivity contribution is 6.74. The largest absolute Gasteiger partial charge is 0.414 e. The molecule has 37 heavy (non-hydrogen) atoms. The molecular weight excluding hydrogens is 496 g/mol. The van der Waals surface area contributed by atoms with Crippen LogP contribution < -0.4 is 0 Å². The summed E-state index contributed by atoms with van der Waals surface area (Å²) in [5, 5.41) is 0.226. The Bertz CT molecular complexity index is 462. The Kier molecular flexibility index (Phi) is 26.0. The molecule has 0 N–H and O–H groups in total. The molecule has 0 fully saturated rings. The lowest BCUT2D eigenvalue weighted by molar-refractivity contribution is -0.0237. The summed E-state index contributed by atoms with van der Waals surface area (Å²) in [7, 11) is -1.68. The third-order valence-electron chi connectivity index (χ3n) is 5.99. The van der Waals surface area contributed by atoms with Gasteiger partial charge in [-0.2, -0.15) is 0 Å². The van der Waals surface area contributed by atoms with Crippen molar-refractivity contribution in [2.75, 3.05) is 112 Å². The minimum absolute atomic E-state index is 0.226. The predicted octanol–water partition coefficient (Wildman–Crippen LogP) is 4.33. The molecule has 0 aliphatic heterocycles. The molecule has 0 bridgehead atoms. The van der Waals surface area contributed by atoms with Crippen molar-refractivity contribution in [3.8, 4) is 0 Å². The van der Waals surface area contributed by atoms with Gasteiger partial charge in [-0.25, -0.2) is 0 Å². The molecule has 0 unspecified atom stereocenters. The van der Waals surface area contributed by atoms with Crippen LogP contribution in [0, 0.1) is 0 Å². The molecule has 0 heterocycles. The van der Waals surface area contributed by atoms with E-state index < -0.39 is 8.32 Å². The fourth-order valence-electron chi connectivity index (χ4n) is 2.67. The van der Waals surface area contributed by atoms with Crippen molar-refractivity contribution >= 4 is 8.32 Å². The zero-order valence-corrected chi connectivity index (χ0v) is 25.8. The Labute approximate surface area is 228 Å². The number of hydrogen-bond acceptors (Lipinski definition) is 9. The van der Waals surface area contributed by atoms with Crippen LogP contribution in [-0.4, -0.2) is 121 Å². The van der Waals surface area contributed by atoms with E-state index in [0.29, 0.717) is 106 Å². The lowest BCUT2D eigenvalue weighted by atomic mass is 10.2. The van der Waals surface area contributed by atoms with Gasteiger partial charge in [0.2, 0.25) is 0 Å². The van der Waals surface area contributed by atoms with Crippen LogP contribution in [-0.2, 0) is 42.3 Å². The number of rotatable bonds is 29. The van der Waals surface area contributed by atoms with Crippen LogP contribution in [0.1, 0.15) is 47.0 Å². The first-order chi connectivity index (χ1) is 17.8. The van der Waals surface area contributed by atoms with Crippen LogP contribution >= 0.6 is 0 Å². The maximum absolute atomic E-state index is 6.07. The Morgan fingerprint density at radius 3 is 0.946 bits per heavy atom. The van der Waals surface area contributed by atoms with E-state index in [2.05, 4.69) is 40.8 Å². The molecule has 0 aromatic rings. The van der Waals surface area contributed by atoms with Crippen molar-refractivity contribution in [3.05, 3.63) is 0 Å². The van der Waals surface area contributed by atoms with Crippen LogP contribution in [0.15, 0.2) is 0 Å². The highest BCUT2D eigenvalue weighted by Gasteiger charge is 2.36. The first-order valence-electron chi connectivity index (χ1n) is 14.1. The van der Waals surface area contributed by atoms with Gasteiger partial charge in [0, 0.05) is 6.61 Å². The zero-order chi connectivity index (χ0) is 27.5. The number of ether oxygens (including phenoxy) is 8. The normalized spacial score (nSPS) is 12.5. The summed E-state index contributed by atoms with van der Waals surface area (Å²) in [6, 6.07) is 0. The van der Waals surface area contributed by atoms with E-state index in [0.717, 1.165) is 13.0 Å². The average Bonchev–Trinajstić information content (AvgIpc) is 2.85. The van der Waals surface area contributed by atoms with Crippen LogP contribution in [0.25, 0.3) is 0 Å². The molecule has 0 saturated carbocycles. The maximum atomic E-state index is 6.07. The smallest absolute Gasteiger partial charge is 0.192 e. The summed E-state index contributed by atoms with van der Waals surface area (Å²) >= 11 is 0. The molecule has 0 atom stereocenters. The van der Waals surface area contributed by atoms with E-state index in [1.165, 1.54) is 12.8 Å². The summed E-state index contributed by atoms with van der Waals surface area (Å²) in [4.78, 5) is 0. The predicted molar refractivity (Wildman–Crippen MR) is 149 cm³/mol. The molecule has 224 valence electrons. The molecule has 0 aliphatic carbocycles. The monoisotopic (exact) mass is 554 g/mol. The first-order valence-corrected chi connectivity index (χ1v) is 17.0. The minimum atomic E-state index is -1.68. The highest BCUT2D eigenvalue weighted by atomic mass is 28.4. The lowest BCUT2D eigenvalue weighted by Crippen LogP contribution is -2.41. The summed E-state index contributed by atoms with van der Waals surface area (Å²) < 4.78 is 50.0. The second-order valence-electron chi connectivity index (χ2n) is 10.2. The summed E-state index contributed by atoms with van der Waals surface area (Å²) in [5.41, 5.74) is 0. The van der Waals surface area contributed by atoms with Gasteiger partial charge in [-0.3, -0.25) is 0 Å². The third kappa shape index (κ3) is 25.9. The van der Waals surface area contributed by atoms with Crippen LogP contribution in [0.4, 0.5) is 0 Å². The molecule has 0 spiro atoms. The Morgan fingerprint density at radius 1 is 0.405 bits per heavy atom. The molecule has 0 saturated heterocycles. The second-order valence-corrected chi connectivity index (χ2v) is 15.0. The lowest BCUT2D eigenvalue weighted by Gasteiger charge is -2.36. The maximum Gasteiger partial charge on any atom is 0.192 e. The molecule has 0 aliphatic rings. The quantitative estimate of drug-likeness (QED) is 0.0991. The molecule has 10 heteroatoms. The van der Waals surface area contributed by atoms with Crippen molar-refractivity contribution in [2.45, 2.75) is 65.1 Å². The van der Waals surface area contributed by atoms with Gasteiger partial charge in [0.25, 0.3) is 0 Å². The van der Waals surface area contributed by atoms with Crippen LogP contribution in [0.5, 0.6) is 0 Å². The molecule has 0 aromatic carbocycles. The van der Waals surface area contributed by atoms with E-state index in [4.69, 9.17) is 42.3 Å². The third-order valence-corrected chi connectivity index (χ3v) is 10.5. The molecular formula is C27H58O9Si. The van der Waals surface area contributed by atoms with Gasteiger partial charge in [0.15, 0.2) is 8.32 Å². The topological polar surface area (TPSA) is 83.1 Å². The standard InChI is InChI=1S/C27H58O9Si/c1-7-8-9-10-28-11-12-29-13-14-30-15-16-31-17-18-32-19-20-33-21-22-34-23-24-35-25-26-36-37(5,6)27(2,3)4/h7-26H2,1-6H3.